The molecule has 0 heterocycles. The van der Waals surface area contributed by atoms with E-state index in [4.69, 9.17) is 9.47 Å². The summed E-state index contributed by atoms with van der Waals surface area (Å²) >= 11 is 0. The lowest BCUT2D eigenvalue weighted by Gasteiger charge is -2.09. The molecule has 0 spiro atoms. The van der Waals surface area contributed by atoms with E-state index in [0.29, 0.717) is 17.2 Å². The lowest BCUT2D eigenvalue weighted by molar-refractivity contribution is -0.123. The number of benzene rings is 2. The average molecular weight is 324 g/mol. The van der Waals surface area contributed by atoms with Crippen molar-refractivity contribution < 1.29 is 14.3 Å². The van der Waals surface area contributed by atoms with Crippen molar-refractivity contribution >= 4 is 17.7 Å². The Bertz CT molecular complexity index is 724. The maximum Gasteiger partial charge on any atom is 0.277 e. The number of carbonyl (C=O) groups excluding carboxylic acids is 1. The van der Waals surface area contributed by atoms with Crippen LogP contribution in [-0.4, -0.2) is 25.3 Å². The first-order valence-electron chi connectivity index (χ1n) is 7.51. The molecular weight excluding hydrogens is 304 g/mol. The number of nitrogens with zero attached hydrogens (tertiary/aromatic N) is 1. The minimum atomic E-state index is -0.339. The van der Waals surface area contributed by atoms with Crippen LogP contribution in [0.3, 0.4) is 0 Å². The average Bonchev–Trinajstić information content (AvgIpc) is 2.64. The molecule has 0 atom stereocenters. The Kier molecular flexibility index (Phi) is 6.58. The van der Waals surface area contributed by atoms with Crippen LogP contribution in [0, 0.1) is 0 Å². The maximum atomic E-state index is 11.8. The maximum absolute atomic E-state index is 11.8. The molecule has 5 heteroatoms. The van der Waals surface area contributed by atoms with Crippen LogP contribution < -0.4 is 14.9 Å². The highest BCUT2D eigenvalue weighted by Crippen LogP contribution is 2.25. The summed E-state index contributed by atoms with van der Waals surface area (Å²) in [6.45, 7) is 1.67. The van der Waals surface area contributed by atoms with Crippen molar-refractivity contribution in [1.29, 1.82) is 0 Å². The molecule has 1 N–H and O–H groups in total. The van der Waals surface area contributed by atoms with Crippen LogP contribution in [0.25, 0.3) is 6.08 Å². The van der Waals surface area contributed by atoms with Gasteiger partial charge >= 0.3 is 0 Å². The molecule has 2 aromatic rings. The van der Waals surface area contributed by atoms with E-state index in [1.165, 1.54) is 0 Å². The van der Waals surface area contributed by atoms with Gasteiger partial charge < -0.3 is 9.47 Å². The van der Waals surface area contributed by atoms with Crippen LogP contribution in [0.1, 0.15) is 12.5 Å². The summed E-state index contributed by atoms with van der Waals surface area (Å²) in [5.41, 5.74) is 4.21. The topological polar surface area (TPSA) is 59.9 Å². The summed E-state index contributed by atoms with van der Waals surface area (Å²) in [6.07, 6.45) is 3.76. The highest BCUT2D eigenvalue weighted by molar-refractivity contribution is 5.97. The number of hydrazone groups is 1. The van der Waals surface area contributed by atoms with E-state index >= 15 is 0 Å². The molecule has 0 bridgehead atoms. The van der Waals surface area contributed by atoms with Crippen molar-refractivity contribution in [2.45, 2.75) is 6.92 Å². The van der Waals surface area contributed by atoms with Crippen LogP contribution >= 0.6 is 0 Å². The van der Waals surface area contributed by atoms with E-state index < -0.39 is 0 Å². The normalized spacial score (nSPS) is 11.3. The summed E-state index contributed by atoms with van der Waals surface area (Å²) in [5, 5.41) is 4.01. The number of carbonyl (C=O) groups is 1. The second kappa shape index (κ2) is 9.15. The second-order valence-electron chi connectivity index (χ2n) is 4.97. The monoisotopic (exact) mass is 324 g/mol. The third kappa shape index (κ3) is 5.61. The van der Waals surface area contributed by atoms with Gasteiger partial charge in [0, 0.05) is 0 Å². The van der Waals surface area contributed by atoms with Gasteiger partial charge in [-0.2, -0.15) is 5.10 Å². The molecule has 0 aliphatic carbocycles. The summed E-state index contributed by atoms with van der Waals surface area (Å²) in [4.78, 5) is 11.8. The van der Waals surface area contributed by atoms with Crippen molar-refractivity contribution in [1.82, 2.24) is 5.43 Å². The zero-order valence-corrected chi connectivity index (χ0v) is 13.7. The molecule has 0 aliphatic rings. The summed E-state index contributed by atoms with van der Waals surface area (Å²) in [7, 11) is 1.55. The van der Waals surface area contributed by atoms with E-state index in [0.717, 1.165) is 5.56 Å². The largest absolute Gasteiger partial charge is 0.493 e. The van der Waals surface area contributed by atoms with Crippen LogP contribution in [0.4, 0.5) is 0 Å². The molecule has 24 heavy (non-hydrogen) atoms. The number of rotatable bonds is 7. The number of para-hydroxylation sites is 2. The van der Waals surface area contributed by atoms with Gasteiger partial charge in [0.1, 0.15) is 0 Å². The first-order valence-corrected chi connectivity index (χ1v) is 7.51. The smallest absolute Gasteiger partial charge is 0.277 e. The van der Waals surface area contributed by atoms with Gasteiger partial charge in [-0.05, 0) is 30.7 Å². The first-order chi connectivity index (χ1) is 11.7. The third-order valence-electron chi connectivity index (χ3n) is 3.10. The molecule has 0 fully saturated rings. The molecule has 0 radical (unpaired) electrons. The van der Waals surface area contributed by atoms with Crippen LogP contribution in [0.15, 0.2) is 65.8 Å². The zero-order valence-electron chi connectivity index (χ0n) is 13.7. The molecule has 1 amide bonds. The van der Waals surface area contributed by atoms with Crippen molar-refractivity contribution in [2.24, 2.45) is 5.10 Å². The van der Waals surface area contributed by atoms with Crippen LogP contribution in [0.5, 0.6) is 11.5 Å². The number of hydrogen-bond donors (Lipinski definition) is 1. The standard InChI is InChI=1S/C19H20N2O3/c1-15(12-13-16-8-4-3-5-9-16)20-21-19(22)14-24-18-11-7-6-10-17(18)23-2/h3-13H,14H2,1-2H3,(H,21,22)/b13-12+,20-15-. The Hall–Kier alpha value is -3.08. The lowest BCUT2D eigenvalue weighted by atomic mass is 10.2. The predicted octanol–water partition coefficient (Wildman–Crippen LogP) is 3.28. The van der Waals surface area contributed by atoms with Gasteiger partial charge in [0.05, 0.1) is 12.8 Å². The van der Waals surface area contributed by atoms with Gasteiger partial charge in [-0.3, -0.25) is 4.79 Å². The summed E-state index contributed by atoms with van der Waals surface area (Å²) in [5.74, 6) is 0.754. The molecule has 5 nitrogen and oxygen atoms in total. The minimum absolute atomic E-state index is 0.139. The number of amides is 1. The fourth-order valence-corrected chi connectivity index (χ4v) is 1.88. The Morgan fingerprint density at radius 2 is 1.75 bits per heavy atom. The molecule has 124 valence electrons. The van der Waals surface area contributed by atoms with Crippen molar-refractivity contribution in [3.05, 3.63) is 66.2 Å². The van der Waals surface area contributed by atoms with Crippen LogP contribution in [0.2, 0.25) is 0 Å². The Morgan fingerprint density at radius 1 is 1.08 bits per heavy atom. The molecule has 2 rings (SSSR count). The van der Waals surface area contributed by atoms with Crippen LogP contribution in [-0.2, 0) is 4.79 Å². The highest BCUT2D eigenvalue weighted by Gasteiger charge is 2.06. The van der Waals surface area contributed by atoms with Gasteiger partial charge in [0.15, 0.2) is 18.1 Å². The summed E-state index contributed by atoms with van der Waals surface area (Å²) < 4.78 is 10.6. The molecule has 0 saturated heterocycles. The van der Waals surface area contributed by atoms with E-state index in [1.807, 2.05) is 54.6 Å². The molecule has 0 aromatic heterocycles. The lowest BCUT2D eigenvalue weighted by Crippen LogP contribution is -2.25. The van der Waals surface area contributed by atoms with E-state index in [9.17, 15) is 4.79 Å². The highest BCUT2D eigenvalue weighted by atomic mass is 16.5. The third-order valence-corrected chi connectivity index (χ3v) is 3.10. The van der Waals surface area contributed by atoms with Gasteiger partial charge in [0.2, 0.25) is 0 Å². The fraction of sp³-hybridized carbons (Fsp3) is 0.158. The fourth-order valence-electron chi connectivity index (χ4n) is 1.88. The SMILES string of the molecule is COc1ccccc1OCC(=O)N/N=C(C)\C=C\c1ccccc1. The van der Waals surface area contributed by atoms with E-state index in [2.05, 4.69) is 10.5 Å². The molecular formula is C19H20N2O3. The Morgan fingerprint density at radius 3 is 2.46 bits per heavy atom. The quantitative estimate of drug-likeness (QED) is 0.628. The molecule has 0 aliphatic heterocycles. The van der Waals surface area contributed by atoms with Gasteiger partial charge in [-0.15, -0.1) is 0 Å². The molecule has 0 unspecified atom stereocenters. The first kappa shape index (κ1) is 17.3. The Labute approximate surface area is 141 Å². The van der Waals surface area contributed by atoms with Crippen molar-refractivity contribution in [2.75, 3.05) is 13.7 Å². The predicted molar refractivity (Wildman–Crippen MR) is 95.2 cm³/mol. The minimum Gasteiger partial charge on any atom is -0.493 e. The van der Waals surface area contributed by atoms with E-state index in [-0.39, 0.29) is 12.5 Å². The van der Waals surface area contributed by atoms with Gasteiger partial charge in [0.25, 0.3) is 5.91 Å². The van der Waals surface area contributed by atoms with E-state index in [1.54, 1.807) is 26.2 Å². The molecule has 0 saturated carbocycles. The Balaban J connectivity index is 1.82. The summed E-state index contributed by atoms with van der Waals surface area (Å²) in [6, 6.07) is 17.0. The zero-order chi connectivity index (χ0) is 17.2. The van der Waals surface area contributed by atoms with Gasteiger partial charge in [-0.25, -0.2) is 5.43 Å². The van der Waals surface area contributed by atoms with Gasteiger partial charge in [-0.1, -0.05) is 48.5 Å². The number of nitrogens with one attached hydrogen (secondary N) is 1. The van der Waals surface area contributed by atoms with Crippen molar-refractivity contribution in [3.63, 3.8) is 0 Å². The van der Waals surface area contributed by atoms with Crippen molar-refractivity contribution in [3.8, 4) is 11.5 Å². The number of allylic oxidation sites excluding steroid dienone is 1. The number of ether oxygens (including phenoxy) is 2. The number of hydrogen-bond acceptors (Lipinski definition) is 4. The molecule has 2 aromatic carbocycles. The second-order valence-corrected chi connectivity index (χ2v) is 4.97. The number of methoxy groups -OCH3 is 1.